The Hall–Kier alpha value is 0.880. The zero-order valence-electron chi connectivity index (χ0n) is 13.9. The first-order valence-electron chi connectivity index (χ1n) is 7.20. The van der Waals surface area contributed by atoms with Crippen molar-refractivity contribution in [3.05, 3.63) is 0 Å². The lowest BCUT2D eigenvalue weighted by atomic mass is 10.6. The average Bonchev–Trinajstić information content (AvgIpc) is 2.25. The maximum absolute atomic E-state index is 12.7. The Morgan fingerprint density at radius 3 is 1.68 bits per heavy atom. The van der Waals surface area contributed by atoms with Crippen molar-refractivity contribution in [3.8, 4) is 0 Å². The van der Waals surface area contributed by atoms with E-state index in [1.165, 1.54) is 0 Å². The molecule has 3 atom stereocenters. The van der Waals surface area contributed by atoms with E-state index in [-0.39, 0.29) is 18.5 Å². The Labute approximate surface area is 136 Å². The Morgan fingerprint density at radius 1 is 0.818 bits per heavy atom. The summed E-state index contributed by atoms with van der Waals surface area (Å²) in [6, 6.07) is 0. The molecule has 0 aromatic rings. The number of hydrogen-bond donors (Lipinski definition) is 0. The third kappa shape index (κ3) is 9.24. The molecule has 0 aliphatic rings. The summed E-state index contributed by atoms with van der Waals surface area (Å²) < 4.78 is 52.5. The van der Waals surface area contributed by atoms with Gasteiger partial charge in [-0.2, -0.15) is 0 Å². The molecule has 3 unspecified atom stereocenters. The van der Waals surface area contributed by atoms with Gasteiger partial charge in [0.1, 0.15) is 20.1 Å². The van der Waals surface area contributed by atoms with Crippen molar-refractivity contribution in [1.82, 2.24) is 0 Å². The summed E-state index contributed by atoms with van der Waals surface area (Å²) in [5.41, 5.74) is 0. The van der Waals surface area contributed by atoms with E-state index in [4.69, 9.17) is 12.6 Å². The maximum atomic E-state index is 12.7. The lowest BCUT2D eigenvalue weighted by Gasteiger charge is -2.29. The van der Waals surface area contributed by atoms with E-state index < -0.39 is 34.0 Å². The van der Waals surface area contributed by atoms with Gasteiger partial charge in [-0.05, 0) is 19.3 Å². The van der Waals surface area contributed by atoms with Crippen LogP contribution in [-0.2, 0) is 37.5 Å². The smallest absolute Gasteiger partial charge is 0.385 e. The Balaban J connectivity index is 5.32. The summed E-state index contributed by atoms with van der Waals surface area (Å²) in [4.78, 5) is 11.8. The van der Waals surface area contributed by atoms with Crippen LogP contribution in [0.5, 0.6) is 0 Å². The average molecular weight is 396 g/mol. The predicted octanol–water partition coefficient (Wildman–Crippen LogP) is 4.00. The molecule has 22 heavy (non-hydrogen) atoms. The van der Waals surface area contributed by atoms with E-state index >= 15 is 0 Å². The lowest BCUT2D eigenvalue weighted by molar-refractivity contribution is -0.191. The van der Waals surface area contributed by atoms with E-state index in [0.29, 0.717) is 19.3 Å². The van der Waals surface area contributed by atoms with Crippen LogP contribution >= 0.6 is 22.8 Å². The van der Waals surface area contributed by atoms with Gasteiger partial charge in [-0.1, -0.05) is 24.7 Å². The summed E-state index contributed by atoms with van der Waals surface area (Å²) in [6.07, 6.45) is 4.30. The molecular weight excluding hydrogens is 369 g/mol. The molecule has 0 aromatic heterocycles. The van der Waals surface area contributed by atoms with Crippen LogP contribution in [0.15, 0.2) is 0 Å². The van der Waals surface area contributed by atoms with E-state index in [2.05, 4.69) is 0 Å². The highest BCUT2D eigenvalue weighted by atomic mass is 32.2. The van der Waals surface area contributed by atoms with Gasteiger partial charge in [-0.3, -0.25) is 13.4 Å². The molecule has 0 heterocycles. The van der Waals surface area contributed by atoms with Crippen molar-refractivity contribution in [3.63, 3.8) is 0 Å². The topological polar surface area (TPSA) is 102 Å². The van der Waals surface area contributed by atoms with Crippen LogP contribution in [0, 0.1) is 0 Å². The molecule has 0 fully saturated rings. The third-order valence-corrected chi connectivity index (χ3v) is 11.3. The normalized spacial score (nSPS) is 20.3. The second kappa shape index (κ2) is 10.0. The number of rotatable bonds is 12. The highest BCUT2D eigenvalue weighted by Crippen LogP contribution is 2.70. The van der Waals surface area contributed by atoms with Gasteiger partial charge in [0.15, 0.2) is 11.2 Å². The molecule has 0 spiro atoms. The monoisotopic (exact) mass is 396 g/mol. The van der Waals surface area contributed by atoms with Gasteiger partial charge < -0.3 is 9.46 Å². The van der Waals surface area contributed by atoms with Crippen molar-refractivity contribution in [2.24, 2.45) is 0 Å². The standard InChI is InChI=1S/C11H27O7P3S/c1-6-9-19(12,13)16-20(14,10-7-2)17-21(15,11-8-3)18-22(4)5/h6-11H2,1-5H3. The summed E-state index contributed by atoms with van der Waals surface area (Å²) in [5, 5.41) is 0. The lowest BCUT2D eigenvalue weighted by Crippen LogP contribution is -2.11. The molecule has 11 heteroatoms. The molecule has 0 N–H and O–H groups in total. The van der Waals surface area contributed by atoms with Crippen LogP contribution in [-0.4, -0.2) is 31.0 Å². The Bertz CT molecular complexity index is 469. The third-order valence-electron chi connectivity index (χ3n) is 2.25. The van der Waals surface area contributed by atoms with Crippen molar-refractivity contribution < 1.29 is 31.2 Å². The summed E-state index contributed by atoms with van der Waals surface area (Å²) in [7, 11) is -12.0. The molecule has 0 aromatic carbocycles. The molecule has 0 bridgehead atoms. The SMILES string of the molecule is CCCP(=O)([O-])OP(=O)(CCC)OP(=O)(CCC)O[S+](C)C. The van der Waals surface area contributed by atoms with Crippen LogP contribution < -0.4 is 4.89 Å². The van der Waals surface area contributed by atoms with Crippen molar-refractivity contribution in [2.75, 3.05) is 31.0 Å². The first kappa shape index (κ1) is 22.9. The fourth-order valence-corrected chi connectivity index (χ4v) is 10.5. The van der Waals surface area contributed by atoms with Crippen LogP contribution in [0.4, 0.5) is 0 Å². The van der Waals surface area contributed by atoms with Crippen LogP contribution in [0.2, 0.25) is 0 Å². The fraction of sp³-hybridized carbons (Fsp3) is 1.00. The van der Waals surface area contributed by atoms with Gasteiger partial charge in [-0.25, -0.2) is 4.31 Å². The van der Waals surface area contributed by atoms with Gasteiger partial charge in [-0.15, -0.1) is 0 Å². The molecular formula is C11H27O7P3S. The van der Waals surface area contributed by atoms with Gasteiger partial charge in [0.25, 0.3) is 0 Å². The maximum Gasteiger partial charge on any atom is 0.385 e. The van der Waals surface area contributed by atoms with Crippen molar-refractivity contribution >= 4 is 34.0 Å². The predicted molar refractivity (Wildman–Crippen MR) is 90.8 cm³/mol. The van der Waals surface area contributed by atoms with Crippen LogP contribution in [0.1, 0.15) is 40.0 Å². The van der Waals surface area contributed by atoms with E-state index in [1.807, 2.05) is 0 Å². The molecule has 0 radical (unpaired) electrons. The summed E-state index contributed by atoms with van der Waals surface area (Å²) in [6.45, 7) is 5.17. The quantitative estimate of drug-likeness (QED) is 0.363. The zero-order valence-corrected chi connectivity index (χ0v) is 17.4. The molecule has 0 aliphatic carbocycles. The van der Waals surface area contributed by atoms with Gasteiger partial charge in [0.05, 0.1) is 12.3 Å². The van der Waals surface area contributed by atoms with Crippen molar-refractivity contribution in [1.29, 1.82) is 0 Å². The van der Waals surface area contributed by atoms with Gasteiger partial charge in [0.2, 0.25) is 0 Å². The Kier molecular flexibility index (Phi) is 10.4. The molecule has 0 amide bonds. The first-order chi connectivity index (χ1) is 10.0. The van der Waals surface area contributed by atoms with Gasteiger partial charge in [0, 0.05) is 6.16 Å². The highest BCUT2D eigenvalue weighted by molar-refractivity contribution is 7.95. The van der Waals surface area contributed by atoms with Crippen molar-refractivity contribution in [2.45, 2.75) is 40.0 Å². The van der Waals surface area contributed by atoms with Crippen LogP contribution in [0.25, 0.3) is 0 Å². The number of hydrogen-bond acceptors (Lipinski definition) is 7. The first-order valence-corrected chi connectivity index (χ1v) is 14.3. The Morgan fingerprint density at radius 2 is 1.27 bits per heavy atom. The highest BCUT2D eigenvalue weighted by Gasteiger charge is 2.41. The summed E-state index contributed by atoms with van der Waals surface area (Å²) in [5.74, 6) is 0. The molecule has 0 saturated heterocycles. The van der Waals surface area contributed by atoms with E-state index in [0.717, 1.165) is 0 Å². The minimum atomic E-state index is -4.30. The molecule has 0 aliphatic heterocycles. The minimum Gasteiger partial charge on any atom is -0.778 e. The fourth-order valence-electron chi connectivity index (χ4n) is 1.66. The molecule has 0 saturated carbocycles. The second-order valence-corrected chi connectivity index (χ2v) is 13.4. The summed E-state index contributed by atoms with van der Waals surface area (Å²) >= 11 is -0.664. The van der Waals surface area contributed by atoms with E-state index in [9.17, 15) is 18.6 Å². The molecule has 134 valence electrons. The van der Waals surface area contributed by atoms with Crippen LogP contribution in [0.3, 0.4) is 0 Å². The minimum absolute atomic E-state index is 0.0617. The van der Waals surface area contributed by atoms with E-state index in [1.54, 1.807) is 33.3 Å². The zero-order chi connectivity index (χ0) is 17.4. The molecule has 7 nitrogen and oxygen atoms in total. The second-order valence-electron chi connectivity index (χ2n) is 4.98. The molecule has 0 rings (SSSR count). The van der Waals surface area contributed by atoms with Gasteiger partial charge >= 0.3 is 15.2 Å². The largest absolute Gasteiger partial charge is 0.778 e.